The quantitative estimate of drug-likeness (QED) is 0.196. The van der Waals surface area contributed by atoms with Crippen LogP contribution in [0.2, 0.25) is 5.04 Å². The van der Waals surface area contributed by atoms with Crippen LogP contribution in [0.25, 0.3) is 0 Å². The maximum absolute atomic E-state index is 14.5. The molecule has 244 valence electrons. The number of carbonyl (C=O) groups is 2. The molecule has 14 heteroatoms. The minimum absolute atomic E-state index is 0.0403. The summed E-state index contributed by atoms with van der Waals surface area (Å²) in [6.45, 7) is 12.0. The van der Waals surface area contributed by atoms with Gasteiger partial charge in [-0.25, -0.2) is 26.0 Å². The zero-order chi connectivity index (χ0) is 33.4. The van der Waals surface area contributed by atoms with Gasteiger partial charge in [-0.05, 0) is 41.7 Å². The highest BCUT2D eigenvalue weighted by Gasteiger charge is 2.52. The first-order chi connectivity index (χ1) is 21.0. The van der Waals surface area contributed by atoms with Crippen LogP contribution in [-0.4, -0.2) is 60.1 Å². The number of hydrogen-bond donors (Lipinski definition) is 1. The van der Waals surface area contributed by atoms with Crippen LogP contribution in [0.5, 0.6) is 0 Å². The highest BCUT2D eigenvalue weighted by Crippen LogP contribution is 2.46. The first-order valence-electron chi connectivity index (χ1n) is 14.6. The molecule has 45 heavy (non-hydrogen) atoms. The number of nitrogens with zero attached hydrogens (tertiary/aromatic N) is 1. The summed E-state index contributed by atoms with van der Waals surface area (Å²) >= 11 is 0.696. The van der Waals surface area contributed by atoms with Crippen LogP contribution in [-0.2, 0) is 34.1 Å². The molecule has 0 fully saturated rings. The van der Waals surface area contributed by atoms with Crippen molar-refractivity contribution in [1.29, 1.82) is 0 Å². The molecule has 1 aromatic heterocycles. The van der Waals surface area contributed by atoms with Gasteiger partial charge in [-0.3, -0.25) is 4.79 Å². The van der Waals surface area contributed by atoms with Crippen LogP contribution in [0.15, 0.2) is 75.1 Å². The Morgan fingerprint density at radius 1 is 1.04 bits per heavy atom. The van der Waals surface area contributed by atoms with Crippen LogP contribution >= 0.6 is 11.3 Å². The van der Waals surface area contributed by atoms with E-state index in [0.717, 1.165) is 10.4 Å². The topological polar surface area (TPSA) is 136 Å². The van der Waals surface area contributed by atoms with Gasteiger partial charge in [0.25, 0.3) is 0 Å². The molecule has 0 saturated heterocycles. The van der Waals surface area contributed by atoms with E-state index in [9.17, 15) is 26.4 Å². The van der Waals surface area contributed by atoms with Crippen LogP contribution in [0.1, 0.15) is 66.5 Å². The van der Waals surface area contributed by atoms with Gasteiger partial charge < -0.3 is 14.4 Å². The van der Waals surface area contributed by atoms with Crippen molar-refractivity contribution < 1.29 is 35.9 Å². The van der Waals surface area contributed by atoms with Crippen molar-refractivity contribution in [2.45, 2.75) is 85.9 Å². The molecule has 1 amide bonds. The van der Waals surface area contributed by atoms with Crippen LogP contribution < -0.4 is 14.8 Å². The second-order valence-electron chi connectivity index (χ2n) is 12.1. The van der Waals surface area contributed by atoms with E-state index in [4.69, 9.17) is 9.47 Å². The van der Waals surface area contributed by atoms with Crippen molar-refractivity contribution in [2.24, 2.45) is 0 Å². The summed E-state index contributed by atoms with van der Waals surface area (Å²) in [6, 6.07) is 19.6. The number of carbonyl (C=O) groups excluding carboxylic acids is 2. The maximum Gasteiger partial charge on any atom is 0.413 e. The fourth-order valence-corrected chi connectivity index (χ4v) is 18.2. The average molecular weight is 693 g/mol. The predicted molar refractivity (Wildman–Crippen MR) is 176 cm³/mol. The zero-order valence-electron chi connectivity index (χ0n) is 26.4. The van der Waals surface area contributed by atoms with Crippen molar-refractivity contribution in [1.82, 2.24) is 9.29 Å². The summed E-state index contributed by atoms with van der Waals surface area (Å²) in [5, 5.41) is 0.273. The van der Waals surface area contributed by atoms with Crippen LogP contribution in [0.3, 0.4) is 0 Å². The number of benzene rings is 2. The van der Waals surface area contributed by atoms with Crippen molar-refractivity contribution in [2.75, 3.05) is 6.54 Å². The van der Waals surface area contributed by atoms with Gasteiger partial charge in [-0.1, -0.05) is 81.4 Å². The molecular weight excluding hydrogens is 653 g/mol. The Morgan fingerprint density at radius 2 is 1.58 bits per heavy atom. The molecule has 0 bridgehead atoms. The molecule has 10 nitrogen and oxygen atoms in total. The summed E-state index contributed by atoms with van der Waals surface area (Å²) in [7, 11) is -11.5. The van der Waals surface area contributed by atoms with E-state index < -0.39 is 62.8 Å². The Hall–Kier alpha value is -3.04. The zero-order valence-corrected chi connectivity index (χ0v) is 29.9. The van der Waals surface area contributed by atoms with E-state index in [-0.39, 0.29) is 26.9 Å². The smallest absolute Gasteiger partial charge is 0.413 e. The molecule has 4 rings (SSSR count). The minimum Gasteiger partial charge on any atom is -0.426 e. The molecule has 1 unspecified atom stereocenters. The van der Waals surface area contributed by atoms with E-state index in [1.165, 1.54) is 24.8 Å². The predicted octanol–water partition coefficient (Wildman–Crippen LogP) is 4.56. The largest absolute Gasteiger partial charge is 0.426 e. The highest BCUT2D eigenvalue weighted by molar-refractivity contribution is 7.96. The number of ether oxygens (including phenoxy) is 2. The Labute approximate surface area is 270 Å². The lowest BCUT2D eigenvalue weighted by Gasteiger charge is -2.43. The van der Waals surface area contributed by atoms with Crippen molar-refractivity contribution >= 4 is 61.9 Å². The fourth-order valence-electron chi connectivity index (χ4n) is 5.87. The van der Waals surface area contributed by atoms with Gasteiger partial charge >= 0.3 is 12.1 Å². The number of sulfonamides is 1. The highest BCUT2D eigenvalue weighted by atomic mass is 32.3. The average Bonchev–Trinajstić information content (AvgIpc) is 3.43. The molecule has 1 aliphatic rings. The summed E-state index contributed by atoms with van der Waals surface area (Å²) in [5.41, 5.74) is 0.222. The van der Waals surface area contributed by atoms with Crippen LogP contribution in [0.4, 0.5) is 4.79 Å². The van der Waals surface area contributed by atoms with E-state index >= 15 is 0 Å². The number of nitrogens with one attached hydrogen (secondary N) is 1. The Kier molecular flexibility index (Phi) is 10.1. The third kappa shape index (κ3) is 6.75. The lowest BCUT2D eigenvalue weighted by Crippen LogP contribution is -2.74. The summed E-state index contributed by atoms with van der Waals surface area (Å²) in [5.74, 6) is -0.626. The summed E-state index contributed by atoms with van der Waals surface area (Å²) in [6.07, 6.45) is -1.93. The van der Waals surface area contributed by atoms with E-state index in [0.29, 0.717) is 11.3 Å². The number of esters is 1. The molecule has 1 aliphatic heterocycles. The second kappa shape index (κ2) is 13.0. The van der Waals surface area contributed by atoms with Gasteiger partial charge in [0, 0.05) is 26.0 Å². The van der Waals surface area contributed by atoms with Crippen molar-refractivity contribution in [3.05, 3.63) is 72.3 Å². The normalized spacial score (nSPS) is 18.8. The molecule has 0 aliphatic carbocycles. The molecule has 0 saturated carbocycles. The van der Waals surface area contributed by atoms with Crippen molar-refractivity contribution in [3.8, 4) is 0 Å². The fraction of sp³-hybridized carbons (Fsp3) is 0.419. The summed E-state index contributed by atoms with van der Waals surface area (Å²) < 4.78 is 69.2. The van der Waals surface area contributed by atoms with Gasteiger partial charge in [-0.15, -0.1) is 11.3 Å². The third-order valence-electron chi connectivity index (χ3n) is 8.05. The number of sulfone groups is 1. The number of hydrogen-bond acceptors (Lipinski definition) is 9. The standard InChI is InChI=1S/C31H40N2O8S3Si/c1-8-33(30(35)41-23(4)40-22(3)34)27-19-21(2)43(36,37)29-26(27)20-28(42-29)44(38,39)32-45(31(5,6)7,24-15-11-9-12-16-24)25-17-13-10-14-18-25/h9-18,20-21,23,27,32H,8,19H2,1-7H3/t21-,23?,27-/m0/s1. The van der Waals surface area contributed by atoms with E-state index in [1.54, 1.807) is 13.8 Å². The number of fused-ring (bicyclic) bond motifs is 1. The van der Waals surface area contributed by atoms with Gasteiger partial charge in [0.05, 0.1) is 11.3 Å². The van der Waals surface area contributed by atoms with Crippen LogP contribution in [0, 0.1) is 0 Å². The molecule has 0 spiro atoms. The lowest BCUT2D eigenvalue weighted by molar-refractivity contribution is -0.163. The number of rotatable bonds is 9. The molecule has 2 aromatic carbocycles. The monoisotopic (exact) mass is 692 g/mol. The molecule has 0 radical (unpaired) electrons. The SMILES string of the molecule is CCN(C(=O)OC(C)OC(C)=O)[C@H]1C[C@H](C)S(=O)(=O)c2sc(S(=O)(=O)N[Si](c3ccccc3)(c3ccccc3)C(C)(C)C)cc21. The molecule has 1 N–H and O–H groups in total. The number of amides is 1. The minimum atomic E-state index is -4.29. The third-order valence-corrected chi connectivity index (χ3v) is 20.2. The van der Waals surface area contributed by atoms with Crippen molar-refractivity contribution in [3.63, 3.8) is 0 Å². The Balaban J connectivity index is 1.85. The molecule has 3 atom stereocenters. The first kappa shape index (κ1) is 34.8. The first-order valence-corrected chi connectivity index (χ1v) is 20.5. The molecule has 2 heterocycles. The van der Waals surface area contributed by atoms with Gasteiger partial charge in [0.15, 0.2) is 9.84 Å². The molecular formula is C31H40N2O8S3Si. The van der Waals surface area contributed by atoms with E-state index in [1.807, 2.05) is 81.4 Å². The summed E-state index contributed by atoms with van der Waals surface area (Å²) in [4.78, 5) is 25.9. The van der Waals surface area contributed by atoms with Gasteiger partial charge in [0.2, 0.25) is 24.5 Å². The second-order valence-corrected chi connectivity index (χ2v) is 22.4. The van der Waals surface area contributed by atoms with Gasteiger partial charge in [-0.2, -0.15) is 0 Å². The maximum atomic E-state index is 14.5. The Morgan fingerprint density at radius 3 is 2.04 bits per heavy atom. The van der Waals surface area contributed by atoms with E-state index in [2.05, 4.69) is 4.39 Å². The lowest BCUT2D eigenvalue weighted by atomic mass is 10.0. The Bertz CT molecular complexity index is 1720. The molecule has 3 aromatic rings. The number of thiophene rings is 1. The van der Waals surface area contributed by atoms with Gasteiger partial charge in [0.1, 0.15) is 8.42 Å².